The third-order valence-electron chi connectivity index (χ3n) is 2.55. The number of nitroso groups, excluding NO2 is 1. The molecule has 0 amide bonds. The van der Waals surface area contributed by atoms with E-state index in [2.05, 4.69) is 10.3 Å². The molecule has 0 unspecified atom stereocenters. The van der Waals surface area contributed by atoms with E-state index >= 15 is 0 Å². The Labute approximate surface area is 85.9 Å². The second-order valence-corrected chi connectivity index (χ2v) is 3.54. The zero-order valence-electron chi connectivity index (χ0n) is 9.98. The van der Waals surface area contributed by atoms with Gasteiger partial charge in [0.05, 0.1) is 20.6 Å². The number of rotatable bonds is 2. The number of hydrogen-bond acceptors (Lipinski definition) is 4. The average Bonchev–Trinajstić information content (AvgIpc) is 2.55. The standard InChI is InChI=1S/C9H15N3O2/c13-11-12-6-7-14-9(12)10-8-4-2-1-3-5-8/h8H,1-7H2/i6D2. The molecule has 0 N–H and O–H groups in total. The molecule has 1 saturated heterocycles. The average molecular weight is 199 g/mol. The van der Waals surface area contributed by atoms with Gasteiger partial charge in [-0.1, -0.05) is 19.3 Å². The fourth-order valence-corrected chi connectivity index (χ4v) is 1.81. The van der Waals surface area contributed by atoms with Crippen molar-refractivity contribution in [1.82, 2.24) is 5.01 Å². The van der Waals surface area contributed by atoms with Crippen LogP contribution >= 0.6 is 0 Å². The molecule has 0 atom stereocenters. The van der Waals surface area contributed by atoms with Crippen LogP contribution in [0.5, 0.6) is 0 Å². The molecule has 0 aromatic carbocycles. The molecular formula is C9H15N3O2. The van der Waals surface area contributed by atoms with Crippen LogP contribution in [0.2, 0.25) is 0 Å². The van der Waals surface area contributed by atoms with Crippen LogP contribution in [-0.4, -0.2) is 30.2 Å². The van der Waals surface area contributed by atoms with Crippen molar-refractivity contribution in [3.05, 3.63) is 4.91 Å². The zero-order valence-corrected chi connectivity index (χ0v) is 7.98. The van der Waals surface area contributed by atoms with Crippen molar-refractivity contribution in [2.24, 2.45) is 10.3 Å². The highest BCUT2D eigenvalue weighted by Gasteiger charge is 2.23. The normalized spacial score (nSPS) is 32.3. The van der Waals surface area contributed by atoms with Gasteiger partial charge in [-0.15, -0.1) is 4.91 Å². The van der Waals surface area contributed by atoms with Gasteiger partial charge in [0.15, 0.2) is 0 Å². The predicted molar refractivity (Wildman–Crippen MR) is 52.8 cm³/mol. The highest BCUT2D eigenvalue weighted by molar-refractivity contribution is 5.75. The lowest BCUT2D eigenvalue weighted by Gasteiger charge is -2.18. The summed E-state index contributed by atoms with van der Waals surface area (Å²) in [7, 11) is 0. The number of aliphatic imine (C=N–C) groups is 1. The largest absolute Gasteiger partial charge is 0.462 e. The molecule has 0 spiro atoms. The Hall–Kier alpha value is -1.13. The SMILES string of the molecule is [2H]C1([2H])COC(=NC2CCCCC2)N1N=O. The summed E-state index contributed by atoms with van der Waals surface area (Å²) in [6, 6.07) is 0.175. The first-order chi connectivity index (χ1) is 7.63. The summed E-state index contributed by atoms with van der Waals surface area (Å²) in [4.78, 5) is 14.8. The van der Waals surface area contributed by atoms with Gasteiger partial charge in [-0.3, -0.25) is 0 Å². The van der Waals surface area contributed by atoms with Crippen LogP contribution in [-0.2, 0) is 4.74 Å². The van der Waals surface area contributed by atoms with E-state index in [1.807, 2.05) is 0 Å². The molecule has 5 heteroatoms. The number of amidine groups is 1. The summed E-state index contributed by atoms with van der Waals surface area (Å²) in [5.41, 5.74) is 0. The number of nitrogens with zero attached hydrogens (tertiary/aromatic N) is 3. The minimum absolute atomic E-state index is 0.0342. The summed E-state index contributed by atoms with van der Waals surface area (Å²) in [6.07, 6.45) is 5.43. The molecule has 5 nitrogen and oxygen atoms in total. The molecule has 78 valence electrons. The minimum Gasteiger partial charge on any atom is -0.462 e. The van der Waals surface area contributed by atoms with Crippen molar-refractivity contribution in [3.8, 4) is 0 Å². The van der Waals surface area contributed by atoms with E-state index in [-0.39, 0.29) is 18.7 Å². The summed E-state index contributed by atoms with van der Waals surface area (Å²) in [5.74, 6) is 0. The molecule has 0 radical (unpaired) electrons. The number of ether oxygens (including phenoxy) is 1. The van der Waals surface area contributed by atoms with Gasteiger partial charge in [0.1, 0.15) is 6.61 Å². The van der Waals surface area contributed by atoms with E-state index < -0.39 is 6.50 Å². The van der Waals surface area contributed by atoms with Gasteiger partial charge in [0, 0.05) is 0 Å². The Morgan fingerprint density at radius 2 is 2.21 bits per heavy atom. The first-order valence-corrected chi connectivity index (χ1v) is 4.97. The van der Waals surface area contributed by atoms with Crippen LogP contribution in [0.1, 0.15) is 34.8 Å². The Balaban J connectivity index is 2.08. The molecule has 0 bridgehead atoms. The van der Waals surface area contributed by atoms with Crippen LogP contribution in [0.25, 0.3) is 0 Å². The maximum atomic E-state index is 10.5. The van der Waals surface area contributed by atoms with E-state index in [1.54, 1.807) is 0 Å². The van der Waals surface area contributed by atoms with Crippen LogP contribution in [0.3, 0.4) is 0 Å². The Morgan fingerprint density at radius 1 is 1.43 bits per heavy atom. The maximum absolute atomic E-state index is 10.5. The lowest BCUT2D eigenvalue weighted by molar-refractivity contribution is 0.341. The second-order valence-electron chi connectivity index (χ2n) is 3.54. The van der Waals surface area contributed by atoms with Crippen LogP contribution < -0.4 is 0 Å². The fourth-order valence-electron chi connectivity index (χ4n) is 1.81. The van der Waals surface area contributed by atoms with Gasteiger partial charge in [0.25, 0.3) is 0 Å². The van der Waals surface area contributed by atoms with E-state index in [0.29, 0.717) is 5.01 Å². The summed E-state index contributed by atoms with van der Waals surface area (Å²) in [6.45, 7) is -2.06. The molecule has 1 aliphatic carbocycles. The topological polar surface area (TPSA) is 54.3 Å². The highest BCUT2D eigenvalue weighted by Crippen LogP contribution is 2.21. The van der Waals surface area contributed by atoms with Gasteiger partial charge in [-0.05, 0) is 12.8 Å². The molecule has 2 aliphatic rings. The third kappa shape index (κ3) is 2.02. The number of hydrogen-bond donors (Lipinski definition) is 0. The van der Waals surface area contributed by atoms with E-state index in [0.717, 1.165) is 25.7 Å². The van der Waals surface area contributed by atoms with Crippen LogP contribution in [0.4, 0.5) is 0 Å². The minimum atomic E-state index is -1.87. The fraction of sp³-hybridized carbons (Fsp3) is 0.889. The molecular weight excluding hydrogens is 182 g/mol. The monoisotopic (exact) mass is 199 g/mol. The van der Waals surface area contributed by atoms with Crippen LogP contribution in [0.15, 0.2) is 10.3 Å². The Morgan fingerprint density at radius 3 is 2.93 bits per heavy atom. The first kappa shape index (κ1) is 7.20. The third-order valence-corrected chi connectivity index (χ3v) is 2.55. The van der Waals surface area contributed by atoms with Crippen molar-refractivity contribution >= 4 is 6.02 Å². The highest BCUT2D eigenvalue weighted by atomic mass is 16.5. The first-order valence-electron chi connectivity index (χ1n) is 5.97. The van der Waals surface area contributed by atoms with E-state index in [1.165, 1.54) is 6.42 Å². The zero-order chi connectivity index (χ0) is 11.6. The van der Waals surface area contributed by atoms with Gasteiger partial charge in [-0.25, -0.2) is 4.99 Å². The van der Waals surface area contributed by atoms with Crippen molar-refractivity contribution in [2.75, 3.05) is 13.1 Å². The molecule has 1 saturated carbocycles. The molecule has 2 fully saturated rings. The maximum Gasteiger partial charge on any atom is 0.311 e. The molecule has 1 heterocycles. The van der Waals surface area contributed by atoms with Crippen LogP contribution in [0, 0.1) is 4.91 Å². The van der Waals surface area contributed by atoms with Gasteiger partial charge >= 0.3 is 6.02 Å². The van der Waals surface area contributed by atoms with Gasteiger partial charge in [-0.2, -0.15) is 5.01 Å². The van der Waals surface area contributed by atoms with Crippen molar-refractivity contribution in [1.29, 1.82) is 0 Å². The smallest absolute Gasteiger partial charge is 0.311 e. The molecule has 0 aromatic rings. The predicted octanol–water partition coefficient (Wildman–Crippen LogP) is 1.69. The molecule has 14 heavy (non-hydrogen) atoms. The van der Waals surface area contributed by atoms with E-state index in [4.69, 9.17) is 7.48 Å². The lowest BCUT2D eigenvalue weighted by Crippen LogP contribution is -2.22. The van der Waals surface area contributed by atoms with E-state index in [9.17, 15) is 4.91 Å². The summed E-state index contributed by atoms with van der Waals surface area (Å²) in [5, 5.41) is 3.34. The quantitative estimate of drug-likeness (QED) is 0.636. The second kappa shape index (κ2) is 4.39. The van der Waals surface area contributed by atoms with Gasteiger partial charge < -0.3 is 4.74 Å². The summed E-state index contributed by atoms with van der Waals surface area (Å²) < 4.78 is 20.0. The van der Waals surface area contributed by atoms with Crippen molar-refractivity contribution < 1.29 is 7.48 Å². The Kier molecular flexibility index (Phi) is 2.26. The summed E-state index contributed by atoms with van der Waals surface area (Å²) >= 11 is 0. The van der Waals surface area contributed by atoms with Gasteiger partial charge in [0.2, 0.25) is 0 Å². The molecule has 1 aliphatic heterocycles. The molecule has 0 aromatic heterocycles. The Bertz CT molecular complexity index is 303. The lowest BCUT2D eigenvalue weighted by atomic mass is 9.96. The van der Waals surface area contributed by atoms with Crippen molar-refractivity contribution in [2.45, 2.75) is 38.1 Å². The van der Waals surface area contributed by atoms with Crippen molar-refractivity contribution in [3.63, 3.8) is 0 Å². The molecule has 2 rings (SSSR count).